The second-order valence-corrected chi connectivity index (χ2v) is 17.0. The maximum absolute atomic E-state index is 13.2. The molecule has 10 heteroatoms. The highest BCUT2D eigenvalue weighted by Gasteiger charge is 2.44. The summed E-state index contributed by atoms with van der Waals surface area (Å²) in [5.74, 6) is 1.24. The Hall–Kier alpha value is -2.08. The zero-order chi connectivity index (χ0) is 38.0. The maximum Gasteiger partial charge on any atom is 0.314 e. The third kappa shape index (κ3) is 12.7. The van der Waals surface area contributed by atoms with Gasteiger partial charge in [-0.25, -0.2) is 0 Å². The SMILES string of the molecule is CCCC(OCC(C)CCC1OC1C)OC1CCC(C(=O)Oc2ccc(OC(=O)C3CCC(OC(CCC)OCC4CCC5OC5C4)CC3)cc2C)CC1. The molecule has 2 heterocycles. The molecule has 3 saturated carbocycles. The van der Waals surface area contributed by atoms with E-state index < -0.39 is 0 Å². The summed E-state index contributed by atoms with van der Waals surface area (Å²) in [5.41, 5.74) is 0.760. The molecule has 6 rings (SSSR count). The van der Waals surface area contributed by atoms with E-state index in [-0.39, 0.29) is 48.6 Å². The number of esters is 2. The van der Waals surface area contributed by atoms with Crippen LogP contribution in [0.1, 0.15) is 142 Å². The highest BCUT2D eigenvalue weighted by molar-refractivity contribution is 5.77. The monoisotopic (exact) mass is 756 g/mol. The van der Waals surface area contributed by atoms with Gasteiger partial charge in [-0.3, -0.25) is 9.59 Å². The zero-order valence-electron chi connectivity index (χ0n) is 33.7. The molecule has 0 bridgehead atoms. The quantitative estimate of drug-likeness (QED) is 0.0521. The van der Waals surface area contributed by atoms with Crippen LogP contribution in [-0.2, 0) is 38.0 Å². The Morgan fingerprint density at radius 3 is 1.94 bits per heavy atom. The van der Waals surface area contributed by atoms with Crippen molar-refractivity contribution in [2.24, 2.45) is 23.7 Å². The van der Waals surface area contributed by atoms with Gasteiger partial charge in [-0.15, -0.1) is 0 Å². The molecule has 0 amide bonds. The number of aryl methyl sites for hydroxylation is 1. The van der Waals surface area contributed by atoms with E-state index in [1.54, 1.807) is 18.2 Å². The van der Waals surface area contributed by atoms with Crippen molar-refractivity contribution in [2.45, 2.75) is 193 Å². The number of ether oxygens (including phenoxy) is 8. The Labute approximate surface area is 324 Å². The average Bonchev–Trinajstić information content (AvgIpc) is 4.10. The van der Waals surface area contributed by atoms with Crippen molar-refractivity contribution in [3.8, 4) is 11.5 Å². The van der Waals surface area contributed by atoms with Crippen LogP contribution in [0.5, 0.6) is 11.5 Å². The van der Waals surface area contributed by atoms with Crippen LogP contribution in [0.4, 0.5) is 0 Å². The third-order valence-electron chi connectivity index (χ3n) is 12.3. The first-order chi connectivity index (χ1) is 26.2. The summed E-state index contributed by atoms with van der Waals surface area (Å²) in [7, 11) is 0. The molecule has 304 valence electrons. The number of carbonyl (C=O) groups excluding carboxylic acids is 2. The third-order valence-corrected chi connectivity index (χ3v) is 12.3. The normalized spacial score (nSPS) is 32.2. The first-order valence-electron chi connectivity index (χ1n) is 21.6. The second-order valence-electron chi connectivity index (χ2n) is 17.0. The Bertz CT molecular complexity index is 1320. The number of rotatable bonds is 21. The lowest BCUT2D eigenvalue weighted by Gasteiger charge is -2.31. The fourth-order valence-corrected chi connectivity index (χ4v) is 8.56. The standard InChI is InChI=1S/C44H68O10/c1-6-8-41(47-26-28(3)10-21-38-30(5)49-38)50-34-18-14-33(15-19-34)44(46)54-37-23-20-36(24-29(37)4)52-43(45)32-12-16-35(17-13-32)51-42(9-7-2)48-27-31-11-22-39-40(25-31)53-39/h20,23-24,28,30-35,38-42H,6-19,21-22,25-27H2,1-5H3. The van der Waals surface area contributed by atoms with Crippen LogP contribution in [-0.4, -0.2) is 74.4 Å². The van der Waals surface area contributed by atoms with E-state index in [0.717, 1.165) is 115 Å². The number of hydrogen-bond donors (Lipinski definition) is 0. The molecule has 8 atom stereocenters. The van der Waals surface area contributed by atoms with Gasteiger partial charge in [0.15, 0.2) is 12.6 Å². The Morgan fingerprint density at radius 2 is 1.37 bits per heavy atom. The number of carbonyl (C=O) groups is 2. The summed E-state index contributed by atoms with van der Waals surface area (Å²) >= 11 is 0. The molecule has 5 aliphatic rings. The van der Waals surface area contributed by atoms with Crippen molar-refractivity contribution in [3.05, 3.63) is 23.8 Å². The molecule has 0 radical (unpaired) electrons. The molecule has 0 N–H and O–H groups in total. The van der Waals surface area contributed by atoms with Crippen molar-refractivity contribution >= 4 is 11.9 Å². The van der Waals surface area contributed by atoms with Crippen LogP contribution < -0.4 is 9.47 Å². The van der Waals surface area contributed by atoms with Crippen LogP contribution in [0.2, 0.25) is 0 Å². The molecular weight excluding hydrogens is 688 g/mol. The highest BCUT2D eigenvalue weighted by atomic mass is 16.7. The molecule has 5 fully saturated rings. The lowest BCUT2D eigenvalue weighted by molar-refractivity contribution is -0.188. The van der Waals surface area contributed by atoms with Crippen molar-refractivity contribution in [3.63, 3.8) is 0 Å². The van der Waals surface area contributed by atoms with Crippen molar-refractivity contribution < 1.29 is 47.5 Å². The zero-order valence-corrected chi connectivity index (χ0v) is 33.7. The van der Waals surface area contributed by atoms with E-state index in [9.17, 15) is 9.59 Å². The number of epoxide rings is 2. The van der Waals surface area contributed by atoms with Gasteiger partial charge in [0.1, 0.15) is 11.5 Å². The van der Waals surface area contributed by atoms with E-state index in [1.165, 1.54) is 6.42 Å². The summed E-state index contributed by atoms with van der Waals surface area (Å²) in [6.07, 6.45) is 17.1. The van der Waals surface area contributed by atoms with Crippen LogP contribution in [0.3, 0.4) is 0 Å². The molecule has 10 nitrogen and oxygen atoms in total. The van der Waals surface area contributed by atoms with Gasteiger partial charge in [0.2, 0.25) is 0 Å². The molecule has 2 aliphatic heterocycles. The molecule has 1 aromatic carbocycles. The minimum Gasteiger partial charge on any atom is -0.426 e. The van der Waals surface area contributed by atoms with Crippen LogP contribution >= 0.6 is 0 Å². The van der Waals surface area contributed by atoms with Gasteiger partial charge in [-0.2, -0.15) is 0 Å². The predicted molar refractivity (Wildman–Crippen MR) is 204 cm³/mol. The molecule has 2 saturated heterocycles. The Morgan fingerprint density at radius 1 is 0.759 bits per heavy atom. The summed E-state index contributed by atoms with van der Waals surface area (Å²) in [4.78, 5) is 26.3. The molecule has 8 unspecified atom stereocenters. The molecule has 3 aliphatic carbocycles. The minimum atomic E-state index is -0.213. The van der Waals surface area contributed by atoms with Crippen molar-refractivity contribution in [1.29, 1.82) is 0 Å². The van der Waals surface area contributed by atoms with E-state index in [4.69, 9.17) is 37.9 Å². The predicted octanol–water partition coefficient (Wildman–Crippen LogP) is 9.01. The number of hydrogen-bond acceptors (Lipinski definition) is 10. The van der Waals surface area contributed by atoms with Gasteiger partial charge in [-0.05, 0) is 146 Å². The van der Waals surface area contributed by atoms with Gasteiger partial charge >= 0.3 is 11.9 Å². The summed E-state index contributed by atoms with van der Waals surface area (Å²) < 4.78 is 48.2. The topological polar surface area (TPSA) is 115 Å². The van der Waals surface area contributed by atoms with E-state index in [2.05, 4.69) is 27.7 Å². The smallest absolute Gasteiger partial charge is 0.314 e. The van der Waals surface area contributed by atoms with E-state index >= 15 is 0 Å². The van der Waals surface area contributed by atoms with E-state index in [0.29, 0.717) is 54.4 Å². The Kier molecular flexibility index (Phi) is 15.7. The van der Waals surface area contributed by atoms with E-state index in [1.807, 2.05) is 6.92 Å². The van der Waals surface area contributed by atoms with Crippen LogP contribution in [0, 0.1) is 30.6 Å². The molecular formula is C44H68O10. The lowest BCUT2D eigenvalue weighted by Crippen LogP contribution is -2.33. The van der Waals surface area contributed by atoms with Crippen LogP contribution in [0.25, 0.3) is 0 Å². The van der Waals surface area contributed by atoms with Gasteiger partial charge in [0.25, 0.3) is 0 Å². The fraction of sp³-hybridized carbons (Fsp3) is 0.818. The van der Waals surface area contributed by atoms with Crippen molar-refractivity contribution in [2.75, 3.05) is 13.2 Å². The largest absolute Gasteiger partial charge is 0.426 e. The Balaban J connectivity index is 0.868. The molecule has 0 aromatic heterocycles. The summed E-state index contributed by atoms with van der Waals surface area (Å²) in [6, 6.07) is 5.23. The molecule has 0 spiro atoms. The molecule has 54 heavy (non-hydrogen) atoms. The first kappa shape index (κ1) is 41.6. The summed E-state index contributed by atoms with van der Waals surface area (Å²) in [5, 5.41) is 0. The average molecular weight is 757 g/mol. The fourth-order valence-electron chi connectivity index (χ4n) is 8.56. The van der Waals surface area contributed by atoms with Gasteiger partial charge < -0.3 is 37.9 Å². The minimum absolute atomic E-state index is 0.0874. The van der Waals surface area contributed by atoms with Gasteiger partial charge in [0.05, 0.1) is 61.7 Å². The van der Waals surface area contributed by atoms with Gasteiger partial charge in [-0.1, -0.05) is 33.6 Å². The first-order valence-corrected chi connectivity index (χ1v) is 21.6. The maximum atomic E-state index is 13.2. The van der Waals surface area contributed by atoms with Crippen molar-refractivity contribution in [1.82, 2.24) is 0 Å². The van der Waals surface area contributed by atoms with Crippen LogP contribution in [0.15, 0.2) is 18.2 Å². The highest BCUT2D eigenvalue weighted by Crippen LogP contribution is 2.40. The number of fused-ring (bicyclic) bond motifs is 1. The summed E-state index contributed by atoms with van der Waals surface area (Å²) in [6.45, 7) is 12.0. The van der Waals surface area contributed by atoms with Gasteiger partial charge in [0, 0.05) is 0 Å². The number of benzene rings is 1. The second kappa shape index (κ2) is 20.4. The molecule has 1 aromatic rings. The lowest BCUT2D eigenvalue weighted by atomic mass is 9.87.